The van der Waals surface area contributed by atoms with Crippen molar-refractivity contribution in [2.24, 2.45) is 0 Å². The minimum atomic E-state index is -0.491. The third-order valence-electron chi connectivity index (χ3n) is 6.06. The van der Waals surface area contributed by atoms with E-state index in [-0.39, 0.29) is 11.9 Å². The number of hydrogen-bond acceptors (Lipinski definition) is 4. The Labute approximate surface area is 172 Å². The van der Waals surface area contributed by atoms with Crippen molar-refractivity contribution in [1.29, 1.82) is 0 Å². The predicted molar refractivity (Wildman–Crippen MR) is 107 cm³/mol. The van der Waals surface area contributed by atoms with E-state index >= 15 is 0 Å². The molecule has 1 aromatic carbocycles. The van der Waals surface area contributed by atoms with Crippen LogP contribution in [0.1, 0.15) is 41.4 Å². The summed E-state index contributed by atoms with van der Waals surface area (Å²) in [5, 5.41) is 9.75. The number of rotatable bonds is 3. The second-order valence-corrected chi connectivity index (χ2v) is 7.97. The van der Waals surface area contributed by atoms with E-state index in [0.29, 0.717) is 43.0 Å². The topological polar surface area (TPSA) is 61.1 Å². The molecule has 8 heteroatoms. The molecule has 2 aliphatic rings. The van der Waals surface area contributed by atoms with E-state index in [1.165, 1.54) is 12.1 Å². The quantitative estimate of drug-likeness (QED) is 0.718. The minimum absolute atomic E-state index is 0.176. The molecule has 2 fully saturated rings. The summed E-state index contributed by atoms with van der Waals surface area (Å²) in [5.74, 6) is -1.05. The number of β-amino-alcohol motifs (C(OH)–C–C–N with tert-alkyl or cyclic N) is 1. The van der Waals surface area contributed by atoms with Gasteiger partial charge in [-0.1, -0.05) is 0 Å². The van der Waals surface area contributed by atoms with E-state index in [1.54, 1.807) is 15.5 Å². The Morgan fingerprint density at radius 1 is 1.13 bits per heavy atom. The predicted octanol–water partition coefficient (Wildman–Crippen LogP) is 3.16. The maximum atomic E-state index is 14.4. The zero-order valence-electron chi connectivity index (χ0n) is 16.3. The van der Waals surface area contributed by atoms with Gasteiger partial charge in [0, 0.05) is 31.4 Å². The van der Waals surface area contributed by atoms with Gasteiger partial charge in [-0.2, -0.15) is 0 Å². The fraction of sp³-hybridized carbons (Fsp3) is 0.364. The number of likely N-dealkylation sites (tertiary alicyclic amines) is 1. The summed E-state index contributed by atoms with van der Waals surface area (Å²) in [6.07, 6.45) is 5.04. The second-order valence-electron chi connectivity index (χ2n) is 7.97. The van der Waals surface area contributed by atoms with Crippen molar-refractivity contribution in [1.82, 2.24) is 14.3 Å². The highest BCUT2D eigenvalue weighted by atomic mass is 19.1. The lowest BCUT2D eigenvalue weighted by Crippen LogP contribution is -2.30. The van der Waals surface area contributed by atoms with Gasteiger partial charge in [-0.05, 0) is 49.6 Å². The zero-order valence-corrected chi connectivity index (χ0v) is 16.3. The first-order valence-corrected chi connectivity index (χ1v) is 10.2. The first-order valence-electron chi connectivity index (χ1n) is 10.2. The molecule has 1 N–H and O–H groups in total. The average molecular weight is 412 g/mol. The summed E-state index contributed by atoms with van der Waals surface area (Å²) >= 11 is 0. The molecule has 2 atom stereocenters. The largest absolute Gasteiger partial charge is 0.391 e. The van der Waals surface area contributed by atoms with E-state index in [9.17, 15) is 18.7 Å². The molecule has 0 radical (unpaired) electrons. The van der Waals surface area contributed by atoms with Crippen LogP contribution in [-0.2, 0) is 0 Å². The van der Waals surface area contributed by atoms with Crippen molar-refractivity contribution in [2.75, 3.05) is 24.5 Å². The van der Waals surface area contributed by atoms with Gasteiger partial charge in [0.05, 0.1) is 24.0 Å². The minimum Gasteiger partial charge on any atom is -0.391 e. The maximum Gasteiger partial charge on any atom is 0.272 e. The molecule has 30 heavy (non-hydrogen) atoms. The molecule has 2 aliphatic heterocycles. The van der Waals surface area contributed by atoms with E-state index in [0.717, 1.165) is 24.6 Å². The van der Waals surface area contributed by atoms with Crippen molar-refractivity contribution in [3.05, 3.63) is 65.6 Å². The van der Waals surface area contributed by atoms with Crippen LogP contribution < -0.4 is 4.90 Å². The number of benzene rings is 1. The number of aliphatic hydroxyl groups is 1. The fourth-order valence-electron chi connectivity index (χ4n) is 4.55. The van der Waals surface area contributed by atoms with Crippen LogP contribution in [0.15, 0.2) is 42.7 Å². The highest BCUT2D eigenvalue weighted by molar-refractivity contribution is 5.93. The number of imidazole rings is 1. The summed E-state index contributed by atoms with van der Waals surface area (Å²) in [5.41, 5.74) is 2.23. The number of aliphatic hydroxyl groups excluding tert-OH is 1. The molecule has 2 aromatic heterocycles. The van der Waals surface area contributed by atoms with E-state index in [4.69, 9.17) is 0 Å². The highest BCUT2D eigenvalue weighted by Crippen LogP contribution is 2.37. The van der Waals surface area contributed by atoms with Gasteiger partial charge in [0.2, 0.25) is 0 Å². The lowest BCUT2D eigenvalue weighted by molar-refractivity contribution is 0.0758. The van der Waals surface area contributed by atoms with Gasteiger partial charge in [-0.15, -0.1) is 0 Å². The molecule has 0 aliphatic carbocycles. The van der Waals surface area contributed by atoms with Crippen molar-refractivity contribution in [2.45, 2.75) is 31.4 Å². The van der Waals surface area contributed by atoms with Gasteiger partial charge < -0.3 is 14.9 Å². The Kier molecular flexibility index (Phi) is 4.66. The third-order valence-corrected chi connectivity index (χ3v) is 6.06. The zero-order chi connectivity index (χ0) is 20.8. The number of amides is 1. The van der Waals surface area contributed by atoms with Gasteiger partial charge in [-0.3, -0.25) is 9.20 Å². The van der Waals surface area contributed by atoms with Crippen molar-refractivity contribution in [3.63, 3.8) is 0 Å². The summed E-state index contributed by atoms with van der Waals surface area (Å²) in [7, 11) is 0. The van der Waals surface area contributed by atoms with Gasteiger partial charge in [-0.25, -0.2) is 13.8 Å². The smallest absolute Gasteiger partial charge is 0.272 e. The summed E-state index contributed by atoms with van der Waals surface area (Å²) in [6, 6.07) is 7.01. The van der Waals surface area contributed by atoms with Gasteiger partial charge >= 0.3 is 0 Å². The van der Waals surface area contributed by atoms with Crippen LogP contribution in [0.25, 0.3) is 5.65 Å². The number of carbonyl (C=O) groups is 1. The first kappa shape index (κ1) is 19.0. The van der Waals surface area contributed by atoms with Crippen LogP contribution in [0.4, 0.5) is 14.5 Å². The van der Waals surface area contributed by atoms with E-state index in [2.05, 4.69) is 4.98 Å². The molecule has 0 spiro atoms. The van der Waals surface area contributed by atoms with E-state index in [1.807, 2.05) is 23.2 Å². The van der Waals surface area contributed by atoms with Gasteiger partial charge in [0.15, 0.2) is 0 Å². The Balaban J connectivity index is 1.50. The SMILES string of the molecule is O=C(c1cnc2ccc(N3CCCC3c3cc(F)ccc3F)cn12)N1CCC(O)C1. The molecule has 1 amide bonds. The monoisotopic (exact) mass is 412 g/mol. The molecule has 0 bridgehead atoms. The number of aromatic nitrogens is 2. The van der Waals surface area contributed by atoms with Crippen LogP contribution in [0.2, 0.25) is 0 Å². The summed E-state index contributed by atoms with van der Waals surface area (Å²) in [4.78, 5) is 20.9. The number of fused-ring (bicyclic) bond motifs is 1. The molecule has 4 heterocycles. The van der Waals surface area contributed by atoms with Crippen molar-refractivity contribution >= 4 is 17.2 Å². The highest BCUT2D eigenvalue weighted by Gasteiger charge is 2.30. The number of halogens is 2. The molecule has 0 saturated carbocycles. The fourth-order valence-corrected chi connectivity index (χ4v) is 4.55. The Bertz CT molecular complexity index is 1120. The van der Waals surface area contributed by atoms with Crippen LogP contribution in [0.3, 0.4) is 0 Å². The molecule has 6 nitrogen and oxygen atoms in total. The average Bonchev–Trinajstić information content (AvgIpc) is 3.47. The van der Waals surface area contributed by atoms with Crippen molar-refractivity contribution in [3.8, 4) is 0 Å². The molecular formula is C22H22F2N4O2. The van der Waals surface area contributed by atoms with Crippen LogP contribution in [0.5, 0.6) is 0 Å². The van der Waals surface area contributed by atoms with Crippen LogP contribution in [-0.4, -0.2) is 51.0 Å². The third kappa shape index (κ3) is 3.21. The van der Waals surface area contributed by atoms with Crippen LogP contribution in [0, 0.1) is 11.6 Å². The summed E-state index contributed by atoms with van der Waals surface area (Å²) < 4.78 is 29.9. The van der Waals surface area contributed by atoms with Crippen LogP contribution >= 0.6 is 0 Å². The molecule has 156 valence electrons. The number of hydrogen-bond donors (Lipinski definition) is 1. The Morgan fingerprint density at radius 2 is 2.00 bits per heavy atom. The Morgan fingerprint density at radius 3 is 2.80 bits per heavy atom. The number of anilines is 1. The molecule has 5 rings (SSSR count). The second kappa shape index (κ2) is 7.36. The van der Waals surface area contributed by atoms with Gasteiger partial charge in [0.1, 0.15) is 23.0 Å². The molecule has 2 unspecified atom stereocenters. The summed E-state index contributed by atoms with van der Waals surface area (Å²) in [6.45, 7) is 1.54. The van der Waals surface area contributed by atoms with Gasteiger partial charge in [0.25, 0.3) is 5.91 Å². The Hall–Kier alpha value is -3.00. The normalized spacial score (nSPS) is 21.7. The lowest BCUT2D eigenvalue weighted by atomic mass is 10.0. The van der Waals surface area contributed by atoms with Crippen molar-refractivity contribution < 1.29 is 18.7 Å². The van der Waals surface area contributed by atoms with E-state index < -0.39 is 17.7 Å². The first-order chi connectivity index (χ1) is 14.5. The molecule has 3 aromatic rings. The number of pyridine rings is 1. The molecular weight excluding hydrogens is 390 g/mol. The standard InChI is InChI=1S/C22H22F2N4O2/c23-14-3-5-18(24)17(10-14)19-2-1-8-27(19)15-4-6-21-25-11-20(28(21)12-15)22(30)26-9-7-16(29)13-26/h3-6,10-12,16,19,29H,1-2,7-9,13H2. The lowest BCUT2D eigenvalue weighted by Gasteiger charge is -2.27. The number of carbonyl (C=O) groups excluding carboxylic acids is 1. The molecule has 2 saturated heterocycles. The number of nitrogens with zero attached hydrogens (tertiary/aromatic N) is 4. The maximum absolute atomic E-state index is 14.4.